The van der Waals surface area contributed by atoms with Crippen LogP contribution in [0.4, 0.5) is 0 Å². The predicted molar refractivity (Wildman–Crippen MR) is 64.5 cm³/mol. The van der Waals surface area contributed by atoms with Gasteiger partial charge in [0.25, 0.3) is 0 Å². The standard InChI is InChI=1S/C14H25N/c15-13-12-14-10-8-6-4-2-1-3-5-7-9-11-14/h14H,1-12H2. The Kier molecular flexibility index (Phi) is 7.34. The van der Waals surface area contributed by atoms with Gasteiger partial charge in [-0.2, -0.15) is 5.26 Å². The lowest BCUT2D eigenvalue weighted by Gasteiger charge is -2.14. The molecule has 0 spiro atoms. The van der Waals surface area contributed by atoms with E-state index in [1.165, 1.54) is 70.6 Å². The van der Waals surface area contributed by atoms with Gasteiger partial charge in [-0.05, 0) is 18.8 Å². The van der Waals surface area contributed by atoms with Crippen molar-refractivity contribution < 1.29 is 0 Å². The van der Waals surface area contributed by atoms with Crippen LogP contribution in [0.15, 0.2) is 0 Å². The van der Waals surface area contributed by atoms with Crippen LogP contribution in [0, 0.1) is 17.2 Å². The van der Waals surface area contributed by atoms with E-state index < -0.39 is 0 Å². The molecule has 15 heavy (non-hydrogen) atoms. The SMILES string of the molecule is N#CCC1CCCCCCCCCCC1. The van der Waals surface area contributed by atoms with E-state index in [1.807, 2.05) is 0 Å². The Hall–Kier alpha value is -0.510. The van der Waals surface area contributed by atoms with Gasteiger partial charge in [-0.3, -0.25) is 0 Å². The van der Waals surface area contributed by atoms with Crippen molar-refractivity contribution in [2.24, 2.45) is 5.92 Å². The van der Waals surface area contributed by atoms with Crippen molar-refractivity contribution in [3.05, 3.63) is 0 Å². The van der Waals surface area contributed by atoms with Gasteiger partial charge in [0.15, 0.2) is 0 Å². The first-order chi connectivity index (χ1) is 7.43. The molecule has 0 unspecified atom stereocenters. The molecule has 1 saturated carbocycles. The molecule has 1 aliphatic rings. The summed E-state index contributed by atoms with van der Waals surface area (Å²) < 4.78 is 0. The molecular formula is C14H25N. The molecule has 1 fully saturated rings. The summed E-state index contributed by atoms with van der Waals surface area (Å²) in [5.41, 5.74) is 0. The van der Waals surface area contributed by atoms with Crippen molar-refractivity contribution in [3.8, 4) is 6.07 Å². The molecule has 0 atom stereocenters. The second-order valence-corrected chi connectivity index (χ2v) is 4.99. The summed E-state index contributed by atoms with van der Waals surface area (Å²) >= 11 is 0. The van der Waals surface area contributed by atoms with Crippen molar-refractivity contribution in [1.29, 1.82) is 5.26 Å². The highest BCUT2D eigenvalue weighted by Gasteiger charge is 2.08. The van der Waals surface area contributed by atoms with Crippen molar-refractivity contribution in [2.45, 2.75) is 77.0 Å². The lowest BCUT2D eigenvalue weighted by Crippen LogP contribution is -2.00. The summed E-state index contributed by atoms with van der Waals surface area (Å²) in [6.45, 7) is 0. The lowest BCUT2D eigenvalue weighted by molar-refractivity contribution is 0.400. The van der Waals surface area contributed by atoms with Crippen LogP contribution in [0.5, 0.6) is 0 Å². The minimum absolute atomic E-state index is 0.703. The maximum atomic E-state index is 8.76. The van der Waals surface area contributed by atoms with E-state index in [1.54, 1.807) is 0 Å². The smallest absolute Gasteiger partial charge is 0.0624 e. The molecule has 0 bridgehead atoms. The maximum Gasteiger partial charge on any atom is 0.0624 e. The average molecular weight is 207 g/mol. The van der Waals surface area contributed by atoms with Gasteiger partial charge in [0.1, 0.15) is 0 Å². The molecule has 0 aromatic carbocycles. The largest absolute Gasteiger partial charge is 0.198 e. The minimum Gasteiger partial charge on any atom is -0.198 e. The third kappa shape index (κ3) is 6.55. The van der Waals surface area contributed by atoms with E-state index in [-0.39, 0.29) is 0 Å². The predicted octanol–water partition coefficient (Wildman–Crippen LogP) is 4.82. The Morgan fingerprint density at radius 1 is 0.733 bits per heavy atom. The second-order valence-electron chi connectivity index (χ2n) is 4.99. The number of hydrogen-bond donors (Lipinski definition) is 0. The zero-order valence-corrected chi connectivity index (χ0v) is 10.0. The Morgan fingerprint density at radius 3 is 1.53 bits per heavy atom. The highest BCUT2D eigenvalue weighted by Crippen LogP contribution is 2.22. The van der Waals surface area contributed by atoms with Gasteiger partial charge in [-0.15, -0.1) is 0 Å². The van der Waals surface area contributed by atoms with Gasteiger partial charge in [-0.25, -0.2) is 0 Å². The topological polar surface area (TPSA) is 23.8 Å². The summed E-state index contributed by atoms with van der Waals surface area (Å²) in [6.07, 6.45) is 16.0. The molecule has 0 saturated heterocycles. The Bertz CT molecular complexity index is 168. The molecule has 0 heterocycles. The van der Waals surface area contributed by atoms with Gasteiger partial charge >= 0.3 is 0 Å². The highest BCUT2D eigenvalue weighted by molar-refractivity contribution is 4.76. The number of hydrogen-bond acceptors (Lipinski definition) is 1. The van der Waals surface area contributed by atoms with Gasteiger partial charge in [0, 0.05) is 6.42 Å². The molecule has 1 rings (SSSR count). The quantitative estimate of drug-likeness (QED) is 0.604. The van der Waals surface area contributed by atoms with Gasteiger partial charge in [0.2, 0.25) is 0 Å². The van der Waals surface area contributed by atoms with Crippen LogP contribution in [0.25, 0.3) is 0 Å². The summed E-state index contributed by atoms with van der Waals surface area (Å²) in [4.78, 5) is 0. The van der Waals surface area contributed by atoms with Crippen LogP contribution in [0.1, 0.15) is 77.0 Å². The molecule has 1 aliphatic carbocycles. The number of rotatable bonds is 1. The van der Waals surface area contributed by atoms with E-state index >= 15 is 0 Å². The summed E-state index contributed by atoms with van der Waals surface area (Å²) in [7, 11) is 0. The molecule has 1 nitrogen and oxygen atoms in total. The molecule has 0 amide bonds. The van der Waals surface area contributed by atoms with Crippen molar-refractivity contribution in [2.75, 3.05) is 0 Å². The zero-order valence-electron chi connectivity index (χ0n) is 10.0. The van der Waals surface area contributed by atoms with Gasteiger partial charge in [0.05, 0.1) is 6.07 Å². The van der Waals surface area contributed by atoms with Crippen LogP contribution in [0.3, 0.4) is 0 Å². The average Bonchev–Trinajstić information content (AvgIpc) is 2.22. The molecule has 86 valence electrons. The third-order valence-corrected chi connectivity index (χ3v) is 3.60. The summed E-state index contributed by atoms with van der Waals surface area (Å²) in [5, 5.41) is 8.76. The molecule has 0 aliphatic heterocycles. The lowest BCUT2D eigenvalue weighted by atomic mass is 9.91. The molecule has 1 heteroatoms. The Morgan fingerprint density at radius 2 is 1.13 bits per heavy atom. The Labute approximate surface area is 94.9 Å². The monoisotopic (exact) mass is 207 g/mol. The van der Waals surface area contributed by atoms with E-state index in [9.17, 15) is 0 Å². The first-order valence-corrected chi connectivity index (χ1v) is 6.80. The van der Waals surface area contributed by atoms with E-state index in [0.717, 1.165) is 6.42 Å². The fourth-order valence-corrected chi connectivity index (χ4v) is 2.58. The van der Waals surface area contributed by atoms with E-state index in [0.29, 0.717) is 5.92 Å². The number of nitrogens with zero attached hydrogens (tertiary/aromatic N) is 1. The molecule has 0 aromatic rings. The summed E-state index contributed by atoms with van der Waals surface area (Å²) in [5.74, 6) is 0.703. The number of nitriles is 1. The van der Waals surface area contributed by atoms with Crippen LogP contribution in [0.2, 0.25) is 0 Å². The maximum absolute atomic E-state index is 8.76. The molecule has 0 aromatic heterocycles. The highest BCUT2D eigenvalue weighted by atomic mass is 14.2. The van der Waals surface area contributed by atoms with Crippen molar-refractivity contribution in [1.82, 2.24) is 0 Å². The van der Waals surface area contributed by atoms with E-state index in [4.69, 9.17) is 5.26 Å². The van der Waals surface area contributed by atoms with Crippen LogP contribution >= 0.6 is 0 Å². The van der Waals surface area contributed by atoms with Crippen molar-refractivity contribution in [3.63, 3.8) is 0 Å². The first-order valence-electron chi connectivity index (χ1n) is 6.80. The molecule has 0 N–H and O–H groups in total. The zero-order chi connectivity index (χ0) is 10.8. The third-order valence-electron chi connectivity index (χ3n) is 3.60. The van der Waals surface area contributed by atoms with Gasteiger partial charge in [-0.1, -0.05) is 57.8 Å². The minimum atomic E-state index is 0.703. The second kappa shape index (κ2) is 8.77. The van der Waals surface area contributed by atoms with Gasteiger partial charge < -0.3 is 0 Å². The van der Waals surface area contributed by atoms with Crippen LogP contribution in [-0.4, -0.2) is 0 Å². The fourth-order valence-electron chi connectivity index (χ4n) is 2.58. The normalized spacial score (nSPS) is 22.3. The van der Waals surface area contributed by atoms with Crippen LogP contribution in [-0.2, 0) is 0 Å². The first kappa shape index (κ1) is 12.6. The molecule has 0 radical (unpaired) electrons. The summed E-state index contributed by atoms with van der Waals surface area (Å²) in [6, 6.07) is 2.35. The molecular weight excluding hydrogens is 182 g/mol. The fraction of sp³-hybridized carbons (Fsp3) is 0.929. The van der Waals surface area contributed by atoms with E-state index in [2.05, 4.69) is 6.07 Å². The van der Waals surface area contributed by atoms with Crippen LogP contribution < -0.4 is 0 Å². The van der Waals surface area contributed by atoms with Crippen molar-refractivity contribution >= 4 is 0 Å². The Balaban J connectivity index is 2.23.